The number of likely N-dealkylation sites (tertiary alicyclic amines) is 1. The highest BCUT2D eigenvalue weighted by molar-refractivity contribution is 5.76. The molecule has 1 aromatic carbocycles. The van der Waals surface area contributed by atoms with E-state index in [2.05, 4.69) is 0 Å². The molecule has 1 amide bonds. The van der Waals surface area contributed by atoms with Crippen LogP contribution in [0.5, 0.6) is 0 Å². The number of amides is 1. The van der Waals surface area contributed by atoms with Gasteiger partial charge in [-0.3, -0.25) is 4.79 Å². The third-order valence-electron chi connectivity index (χ3n) is 3.85. The average molecular weight is 287 g/mol. The first-order valence-corrected chi connectivity index (χ1v) is 7.35. The molecule has 1 saturated heterocycles. The van der Waals surface area contributed by atoms with Gasteiger partial charge in [-0.15, -0.1) is 0 Å². The third-order valence-corrected chi connectivity index (χ3v) is 3.85. The summed E-state index contributed by atoms with van der Waals surface area (Å²) >= 11 is 0. The molecule has 0 bridgehead atoms. The van der Waals surface area contributed by atoms with Crippen LogP contribution in [0.4, 0.5) is 4.39 Å². The molecule has 0 aliphatic carbocycles. The molecule has 1 fully saturated rings. The van der Waals surface area contributed by atoms with Gasteiger partial charge in [0.1, 0.15) is 17.3 Å². The SMILES string of the molecule is O=C(CCc1ccc(-c2ccccc2F)o1)N1CCCC1. The van der Waals surface area contributed by atoms with Gasteiger partial charge in [0.15, 0.2) is 0 Å². The third kappa shape index (κ3) is 3.15. The van der Waals surface area contributed by atoms with E-state index in [9.17, 15) is 9.18 Å². The van der Waals surface area contributed by atoms with Crippen LogP contribution in [0.15, 0.2) is 40.8 Å². The maximum absolute atomic E-state index is 13.7. The largest absolute Gasteiger partial charge is 0.461 e. The van der Waals surface area contributed by atoms with Gasteiger partial charge in [-0.25, -0.2) is 4.39 Å². The summed E-state index contributed by atoms with van der Waals surface area (Å²) in [5, 5.41) is 0. The number of halogens is 1. The van der Waals surface area contributed by atoms with Gasteiger partial charge in [-0.2, -0.15) is 0 Å². The smallest absolute Gasteiger partial charge is 0.223 e. The summed E-state index contributed by atoms with van der Waals surface area (Å²) in [7, 11) is 0. The number of aryl methyl sites for hydroxylation is 1. The molecule has 0 spiro atoms. The molecule has 110 valence electrons. The van der Waals surface area contributed by atoms with Crippen molar-refractivity contribution in [1.29, 1.82) is 0 Å². The minimum absolute atomic E-state index is 0.177. The van der Waals surface area contributed by atoms with Crippen LogP contribution >= 0.6 is 0 Å². The second-order valence-corrected chi connectivity index (χ2v) is 5.33. The second-order valence-electron chi connectivity index (χ2n) is 5.33. The summed E-state index contributed by atoms with van der Waals surface area (Å²) in [6.07, 6.45) is 3.21. The van der Waals surface area contributed by atoms with E-state index in [0.29, 0.717) is 24.2 Å². The van der Waals surface area contributed by atoms with Gasteiger partial charge < -0.3 is 9.32 Å². The zero-order chi connectivity index (χ0) is 14.7. The number of rotatable bonds is 4. The molecule has 1 aromatic heterocycles. The van der Waals surface area contributed by atoms with Gasteiger partial charge in [0.2, 0.25) is 5.91 Å². The second kappa shape index (κ2) is 6.12. The van der Waals surface area contributed by atoms with Crippen molar-refractivity contribution < 1.29 is 13.6 Å². The Hall–Kier alpha value is -2.10. The molecule has 21 heavy (non-hydrogen) atoms. The van der Waals surface area contributed by atoms with Crippen molar-refractivity contribution in [3.05, 3.63) is 48.0 Å². The molecule has 2 heterocycles. The quantitative estimate of drug-likeness (QED) is 0.860. The molecule has 2 aromatic rings. The Kier molecular flexibility index (Phi) is 4.04. The zero-order valence-electron chi connectivity index (χ0n) is 11.8. The standard InChI is InChI=1S/C17H18FNO2/c18-15-6-2-1-5-14(15)16-9-7-13(21-16)8-10-17(20)19-11-3-4-12-19/h1-2,5-7,9H,3-4,8,10-12H2. The van der Waals surface area contributed by atoms with Crippen molar-refractivity contribution in [2.75, 3.05) is 13.1 Å². The summed E-state index contributed by atoms with van der Waals surface area (Å²) in [5.74, 6) is 1.11. The fourth-order valence-corrected chi connectivity index (χ4v) is 2.67. The molecule has 0 radical (unpaired) electrons. The minimum atomic E-state index is -0.299. The number of nitrogens with zero attached hydrogens (tertiary/aromatic N) is 1. The van der Waals surface area contributed by atoms with Gasteiger partial charge in [0.05, 0.1) is 5.56 Å². The lowest BCUT2D eigenvalue weighted by atomic mass is 10.1. The van der Waals surface area contributed by atoms with Crippen LogP contribution in [-0.4, -0.2) is 23.9 Å². The van der Waals surface area contributed by atoms with E-state index in [1.165, 1.54) is 6.07 Å². The summed E-state index contributed by atoms with van der Waals surface area (Å²) < 4.78 is 19.3. The Morgan fingerprint density at radius 3 is 2.67 bits per heavy atom. The van der Waals surface area contributed by atoms with Crippen molar-refractivity contribution in [3.8, 4) is 11.3 Å². The van der Waals surface area contributed by atoms with Gasteiger partial charge in [-0.05, 0) is 37.1 Å². The normalized spacial score (nSPS) is 14.6. The Labute approximate surface area is 123 Å². The van der Waals surface area contributed by atoms with E-state index in [4.69, 9.17) is 4.42 Å². The monoisotopic (exact) mass is 287 g/mol. The van der Waals surface area contributed by atoms with Crippen LogP contribution in [0, 0.1) is 5.82 Å². The predicted molar refractivity (Wildman–Crippen MR) is 78.2 cm³/mol. The number of carbonyl (C=O) groups is 1. The topological polar surface area (TPSA) is 33.5 Å². The maximum atomic E-state index is 13.7. The molecule has 3 rings (SSSR count). The van der Waals surface area contributed by atoms with Crippen molar-refractivity contribution in [2.45, 2.75) is 25.7 Å². The van der Waals surface area contributed by atoms with Crippen molar-refractivity contribution in [2.24, 2.45) is 0 Å². The van der Waals surface area contributed by atoms with E-state index >= 15 is 0 Å². The molecule has 3 nitrogen and oxygen atoms in total. The van der Waals surface area contributed by atoms with E-state index in [1.807, 2.05) is 11.0 Å². The molecule has 1 aliphatic rings. The number of carbonyl (C=O) groups excluding carboxylic acids is 1. The van der Waals surface area contributed by atoms with Crippen LogP contribution in [0.2, 0.25) is 0 Å². The first kappa shape index (κ1) is 13.9. The number of benzene rings is 1. The highest BCUT2D eigenvalue weighted by atomic mass is 19.1. The lowest BCUT2D eigenvalue weighted by Gasteiger charge is -2.14. The average Bonchev–Trinajstić information content (AvgIpc) is 3.17. The fourth-order valence-electron chi connectivity index (χ4n) is 2.67. The number of hydrogen-bond donors (Lipinski definition) is 0. The van der Waals surface area contributed by atoms with Crippen LogP contribution in [0.1, 0.15) is 25.0 Å². The molecular formula is C17H18FNO2. The first-order chi connectivity index (χ1) is 10.2. The Balaban J connectivity index is 1.63. The Morgan fingerprint density at radius 2 is 1.90 bits per heavy atom. The van der Waals surface area contributed by atoms with Crippen molar-refractivity contribution in [3.63, 3.8) is 0 Å². The van der Waals surface area contributed by atoms with Crippen LogP contribution in [-0.2, 0) is 11.2 Å². The van der Waals surface area contributed by atoms with Crippen LogP contribution < -0.4 is 0 Å². The molecule has 4 heteroatoms. The van der Waals surface area contributed by atoms with E-state index in [0.717, 1.165) is 31.7 Å². The van der Waals surface area contributed by atoms with Gasteiger partial charge in [0, 0.05) is 25.9 Å². The van der Waals surface area contributed by atoms with Crippen LogP contribution in [0.3, 0.4) is 0 Å². The lowest BCUT2D eigenvalue weighted by molar-refractivity contribution is -0.130. The maximum Gasteiger partial charge on any atom is 0.223 e. The number of hydrogen-bond acceptors (Lipinski definition) is 2. The minimum Gasteiger partial charge on any atom is -0.461 e. The summed E-state index contributed by atoms with van der Waals surface area (Å²) in [5.41, 5.74) is 0.453. The van der Waals surface area contributed by atoms with Gasteiger partial charge >= 0.3 is 0 Å². The molecule has 0 N–H and O–H groups in total. The van der Waals surface area contributed by atoms with E-state index in [1.54, 1.807) is 24.3 Å². The van der Waals surface area contributed by atoms with E-state index in [-0.39, 0.29) is 11.7 Å². The molecule has 1 aliphatic heterocycles. The molecular weight excluding hydrogens is 269 g/mol. The highest BCUT2D eigenvalue weighted by Crippen LogP contribution is 2.25. The van der Waals surface area contributed by atoms with Crippen LogP contribution in [0.25, 0.3) is 11.3 Å². The Morgan fingerprint density at radius 1 is 1.14 bits per heavy atom. The summed E-state index contributed by atoms with van der Waals surface area (Å²) in [6, 6.07) is 10.1. The lowest BCUT2D eigenvalue weighted by Crippen LogP contribution is -2.27. The van der Waals surface area contributed by atoms with Gasteiger partial charge in [0.25, 0.3) is 0 Å². The Bertz CT molecular complexity index is 629. The van der Waals surface area contributed by atoms with E-state index < -0.39 is 0 Å². The summed E-state index contributed by atoms with van der Waals surface area (Å²) in [4.78, 5) is 13.9. The van der Waals surface area contributed by atoms with Crippen molar-refractivity contribution >= 4 is 5.91 Å². The van der Waals surface area contributed by atoms with Crippen molar-refractivity contribution in [1.82, 2.24) is 4.90 Å². The zero-order valence-corrected chi connectivity index (χ0v) is 11.8. The van der Waals surface area contributed by atoms with Gasteiger partial charge in [-0.1, -0.05) is 12.1 Å². The summed E-state index contributed by atoms with van der Waals surface area (Å²) in [6.45, 7) is 1.74. The first-order valence-electron chi connectivity index (χ1n) is 7.35. The fraction of sp³-hybridized carbons (Fsp3) is 0.353. The predicted octanol–water partition coefficient (Wildman–Crippen LogP) is 3.64. The molecule has 0 atom stereocenters. The molecule has 0 unspecified atom stereocenters. The molecule has 0 saturated carbocycles. The highest BCUT2D eigenvalue weighted by Gasteiger charge is 2.18. The number of furan rings is 1.